The number of nitrogens with zero attached hydrogens (tertiary/aromatic N) is 1. The lowest BCUT2D eigenvalue weighted by molar-refractivity contribution is -0.142. The van der Waals surface area contributed by atoms with Crippen molar-refractivity contribution in [1.29, 1.82) is 5.26 Å². The Morgan fingerprint density at radius 3 is 2.46 bits per heavy atom. The van der Waals surface area contributed by atoms with Crippen LogP contribution in [0.3, 0.4) is 0 Å². The lowest BCUT2D eigenvalue weighted by Crippen LogP contribution is -2.20. The molecule has 5 nitrogen and oxygen atoms in total. The number of hydrogen-bond acceptors (Lipinski definition) is 4. The largest absolute Gasteiger partial charge is 0.452 e. The van der Waals surface area contributed by atoms with Gasteiger partial charge in [-0.3, -0.25) is 4.79 Å². The quantitative estimate of drug-likeness (QED) is 0.655. The highest BCUT2D eigenvalue weighted by Gasteiger charge is 2.05. The summed E-state index contributed by atoms with van der Waals surface area (Å²) in [6, 6.07) is 18.3. The molecule has 0 bridgehead atoms. The van der Waals surface area contributed by atoms with Crippen LogP contribution in [0.4, 0.5) is 5.69 Å². The zero-order valence-electron chi connectivity index (χ0n) is 12.9. The van der Waals surface area contributed by atoms with Gasteiger partial charge in [0.1, 0.15) is 0 Å². The van der Waals surface area contributed by atoms with E-state index in [9.17, 15) is 9.59 Å². The van der Waals surface area contributed by atoms with Crippen molar-refractivity contribution in [2.75, 3.05) is 11.9 Å². The summed E-state index contributed by atoms with van der Waals surface area (Å²) in [7, 11) is 0. The first-order chi connectivity index (χ1) is 11.7. The van der Waals surface area contributed by atoms with E-state index in [0.717, 1.165) is 11.1 Å². The van der Waals surface area contributed by atoms with Gasteiger partial charge in [0.15, 0.2) is 6.61 Å². The number of rotatable bonds is 6. The van der Waals surface area contributed by atoms with Gasteiger partial charge in [0.2, 0.25) is 0 Å². The molecule has 0 atom stereocenters. The first-order valence-corrected chi connectivity index (χ1v) is 7.33. The van der Waals surface area contributed by atoms with Gasteiger partial charge >= 0.3 is 5.97 Å². The Bertz CT molecular complexity index is 759. The highest BCUT2D eigenvalue weighted by atomic mass is 16.5. The highest BCUT2D eigenvalue weighted by molar-refractivity contribution is 5.94. The van der Waals surface area contributed by atoms with Gasteiger partial charge in [-0.15, -0.1) is 0 Å². The molecule has 0 unspecified atom stereocenters. The predicted octanol–water partition coefficient (Wildman–Crippen LogP) is 2.95. The lowest BCUT2D eigenvalue weighted by Gasteiger charge is -2.06. The number of benzene rings is 2. The Balaban J connectivity index is 1.77. The zero-order valence-corrected chi connectivity index (χ0v) is 12.9. The molecule has 2 aromatic rings. The molecule has 0 aliphatic rings. The maximum absolute atomic E-state index is 11.7. The van der Waals surface area contributed by atoms with Crippen molar-refractivity contribution >= 4 is 23.6 Å². The Morgan fingerprint density at radius 2 is 1.79 bits per heavy atom. The second-order valence-corrected chi connectivity index (χ2v) is 4.93. The maximum Gasteiger partial charge on any atom is 0.331 e. The molecule has 1 amide bonds. The average Bonchev–Trinajstić information content (AvgIpc) is 2.61. The topological polar surface area (TPSA) is 79.2 Å². The van der Waals surface area contributed by atoms with E-state index in [2.05, 4.69) is 5.32 Å². The van der Waals surface area contributed by atoms with Gasteiger partial charge in [-0.2, -0.15) is 5.26 Å². The fraction of sp³-hybridized carbons (Fsp3) is 0.105. The SMILES string of the molecule is N#CCc1ccc(NC(=O)COC(=O)/C=C/c2ccccc2)cc1. The van der Waals surface area contributed by atoms with Crippen LogP contribution in [-0.4, -0.2) is 18.5 Å². The van der Waals surface area contributed by atoms with E-state index in [1.807, 2.05) is 36.4 Å². The molecule has 120 valence electrons. The number of nitriles is 1. The third-order valence-corrected chi connectivity index (χ3v) is 3.08. The number of anilines is 1. The molecule has 0 saturated carbocycles. The summed E-state index contributed by atoms with van der Waals surface area (Å²) in [5, 5.41) is 11.2. The van der Waals surface area contributed by atoms with Crippen LogP contribution < -0.4 is 5.32 Å². The number of carbonyl (C=O) groups excluding carboxylic acids is 2. The molecule has 5 heteroatoms. The summed E-state index contributed by atoms with van der Waals surface area (Å²) in [5.74, 6) is -1.01. The van der Waals surface area contributed by atoms with E-state index >= 15 is 0 Å². The van der Waals surface area contributed by atoms with Crippen molar-refractivity contribution in [2.24, 2.45) is 0 Å². The van der Waals surface area contributed by atoms with Crippen molar-refractivity contribution in [3.05, 3.63) is 71.8 Å². The molecule has 0 spiro atoms. The number of esters is 1. The smallest absolute Gasteiger partial charge is 0.331 e. The van der Waals surface area contributed by atoms with E-state index in [1.54, 1.807) is 30.3 Å². The monoisotopic (exact) mass is 320 g/mol. The molecule has 0 aliphatic heterocycles. The van der Waals surface area contributed by atoms with Crippen LogP contribution in [0.15, 0.2) is 60.7 Å². The van der Waals surface area contributed by atoms with Gasteiger partial charge in [0.25, 0.3) is 5.91 Å². The molecular formula is C19H16N2O3. The fourth-order valence-electron chi connectivity index (χ4n) is 1.91. The molecule has 24 heavy (non-hydrogen) atoms. The van der Waals surface area contributed by atoms with Crippen LogP contribution in [0.25, 0.3) is 6.08 Å². The van der Waals surface area contributed by atoms with E-state index in [4.69, 9.17) is 10.00 Å². The zero-order chi connectivity index (χ0) is 17.2. The van der Waals surface area contributed by atoms with Crippen LogP contribution in [0, 0.1) is 11.3 Å². The maximum atomic E-state index is 11.7. The molecule has 2 rings (SSSR count). The minimum Gasteiger partial charge on any atom is -0.452 e. The first-order valence-electron chi connectivity index (χ1n) is 7.33. The van der Waals surface area contributed by atoms with Gasteiger partial charge in [0.05, 0.1) is 12.5 Å². The number of ether oxygens (including phenoxy) is 1. The Kier molecular flexibility index (Phi) is 6.30. The molecule has 0 radical (unpaired) electrons. The Morgan fingerprint density at radius 1 is 1.08 bits per heavy atom. The highest BCUT2D eigenvalue weighted by Crippen LogP contribution is 2.09. The van der Waals surface area contributed by atoms with Crippen LogP contribution >= 0.6 is 0 Å². The molecule has 0 aromatic heterocycles. The van der Waals surface area contributed by atoms with Gasteiger partial charge in [0, 0.05) is 11.8 Å². The molecule has 0 saturated heterocycles. The second-order valence-electron chi connectivity index (χ2n) is 4.93. The molecule has 0 aliphatic carbocycles. The summed E-state index contributed by atoms with van der Waals surface area (Å²) in [6.07, 6.45) is 3.22. The van der Waals surface area contributed by atoms with Crippen LogP contribution in [0.2, 0.25) is 0 Å². The predicted molar refractivity (Wildman–Crippen MR) is 90.8 cm³/mol. The molecule has 1 N–H and O–H groups in total. The third-order valence-electron chi connectivity index (χ3n) is 3.08. The van der Waals surface area contributed by atoms with Gasteiger partial charge in [-0.1, -0.05) is 42.5 Å². The van der Waals surface area contributed by atoms with Crippen molar-refractivity contribution in [2.45, 2.75) is 6.42 Å². The minimum atomic E-state index is -0.585. The summed E-state index contributed by atoms with van der Waals surface area (Å²) in [5.41, 5.74) is 2.32. The van der Waals surface area contributed by atoms with Crippen molar-refractivity contribution in [3.63, 3.8) is 0 Å². The number of hydrogen-bond donors (Lipinski definition) is 1. The summed E-state index contributed by atoms with van der Waals surface area (Å²) >= 11 is 0. The third kappa shape index (κ3) is 5.78. The first kappa shape index (κ1) is 17.0. The molecule has 2 aromatic carbocycles. The lowest BCUT2D eigenvalue weighted by atomic mass is 10.1. The fourth-order valence-corrected chi connectivity index (χ4v) is 1.91. The van der Waals surface area contributed by atoms with Crippen molar-refractivity contribution in [3.8, 4) is 6.07 Å². The molecule has 0 heterocycles. The summed E-state index contributed by atoms with van der Waals surface area (Å²) < 4.78 is 4.88. The van der Waals surface area contributed by atoms with Gasteiger partial charge in [-0.25, -0.2) is 4.79 Å². The average molecular weight is 320 g/mol. The number of carbonyl (C=O) groups is 2. The van der Waals surface area contributed by atoms with Crippen LogP contribution in [0.5, 0.6) is 0 Å². The number of amides is 1. The Labute approximate surface area is 140 Å². The molecular weight excluding hydrogens is 304 g/mol. The molecule has 0 fully saturated rings. The van der Waals surface area contributed by atoms with Crippen LogP contribution in [0.1, 0.15) is 11.1 Å². The number of nitrogens with one attached hydrogen (secondary N) is 1. The van der Waals surface area contributed by atoms with E-state index in [1.165, 1.54) is 6.08 Å². The van der Waals surface area contributed by atoms with E-state index in [0.29, 0.717) is 12.1 Å². The summed E-state index contributed by atoms with van der Waals surface area (Å²) in [6.45, 7) is -0.363. The van der Waals surface area contributed by atoms with E-state index in [-0.39, 0.29) is 6.61 Å². The normalized spacial score (nSPS) is 10.1. The second kappa shape index (κ2) is 8.91. The summed E-state index contributed by atoms with van der Waals surface area (Å²) in [4.78, 5) is 23.3. The standard InChI is InChI=1S/C19H16N2O3/c20-13-12-16-6-9-17(10-7-16)21-18(22)14-24-19(23)11-8-15-4-2-1-3-5-15/h1-11H,12,14H2,(H,21,22)/b11-8+. The van der Waals surface area contributed by atoms with Crippen LogP contribution in [-0.2, 0) is 20.7 Å². The van der Waals surface area contributed by atoms with Crippen molar-refractivity contribution < 1.29 is 14.3 Å². The Hall–Kier alpha value is -3.39. The minimum absolute atomic E-state index is 0.319. The van der Waals surface area contributed by atoms with E-state index < -0.39 is 11.9 Å². The van der Waals surface area contributed by atoms with Gasteiger partial charge < -0.3 is 10.1 Å². The van der Waals surface area contributed by atoms with Gasteiger partial charge in [-0.05, 0) is 29.3 Å². The van der Waals surface area contributed by atoms with Crippen molar-refractivity contribution in [1.82, 2.24) is 0 Å².